The maximum Gasteiger partial charge on any atom is 0.490 e. The molecule has 4 aromatic rings. The van der Waals surface area contributed by atoms with Crippen molar-refractivity contribution in [1.82, 2.24) is 19.1 Å². The summed E-state index contributed by atoms with van der Waals surface area (Å²) in [7, 11) is -24.3. The summed E-state index contributed by atoms with van der Waals surface area (Å²) in [6, 6.07) is 14.7. The fourth-order valence-corrected chi connectivity index (χ4v) is 11.6. The van der Waals surface area contributed by atoms with Crippen LogP contribution in [0, 0.1) is 5.82 Å². The van der Waals surface area contributed by atoms with Gasteiger partial charge in [-0.25, -0.2) is 37.0 Å². The van der Waals surface area contributed by atoms with Gasteiger partial charge in [0.1, 0.15) is 48.3 Å². The van der Waals surface area contributed by atoms with Crippen molar-refractivity contribution in [2.24, 2.45) is 0 Å². The second kappa shape index (κ2) is 20.2. The highest BCUT2D eigenvalue weighted by Crippen LogP contribution is 2.71. The van der Waals surface area contributed by atoms with E-state index in [1.807, 2.05) is 4.98 Å². The molecule has 3 fully saturated rings. The Balaban J connectivity index is 0.911. The predicted octanol–water partition coefficient (Wildman–Crippen LogP) is 0.931. The lowest BCUT2D eigenvalue weighted by atomic mass is 10.1. The molecule has 67 heavy (non-hydrogen) atoms. The van der Waals surface area contributed by atoms with Gasteiger partial charge in [0.15, 0.2) is 18.7 Å². The van der Waals surface area contributed by atoms with Gasteiger partial charge in [-0.2, -0.15) is 17.9 Å². The van der Waals surface area contributed by atoms with Crippen molar-refractivity contribution in [2.75, 3.05) is 23.8 Å². The molecule has 364 valence electrons. The summed E-state index contributed by atoms with van der Waals surface area (Å²) in [5, 5.41) is 25.7. The number of fused-ring (bicyclic) bond motifs is 1. The van der Waals surface area contributed by atoms with Crippen molar-refractivity contribution < 1.29 is 98.2 Å². The molecule has 0 saturated carbocycles. The average Bonchev–Trinajstić information content (AvgIpc) is 3.87. The molecule has 7 rings (SSSR count). The number of nitrogens with zero attached hydrogens (tertiary/aromatic N) is 3. The molecule has 9 N–H and O–H groups in total. The zero-order valence-corrected chi connectivity index (χ0v) is 37.0. The highest BCUT2D eigenvalue weighted by atomic mass is 31.3. The van der Waals surface area contributed by atoms with E-state index in [0.717, 1.165) is 46.8 Å². The Hall–Kier alpha value is -4.48. The van der Waals surface area contributed by atoms with E-state index < -0.39 is 129 Å². The standard InChI is InChI=1S/C33H37FN6O23P4/c34-18-6-8-19(9-7-18)35-31(44)36-22-10-12-39(32(45)37-22)29-26(43)25(42)20(57-29)15-55-64(47,48)61-66(51,52)63-67(53,54)62-65(49,50)56-16-21-27-28(30(58-21)40-13-11-23(41)38-33(40)46)60-24(59-27)14-17-4-2-1-3-5-17/h1-13,20-21,24-30,42-43H,14-16H2,(H,47,48)(H,49,50)(H,51,52)(H,53,54)(H,38,41,46)(H2,35,36,37,44,45)/t20-,21+,24+,25-,26-,27+,28+,29-,30+/m1/s1. The van der Waals surface area contributed by atoms with Gasteiger partial charge >= 0.3 is 48.7 Å². The molecule has 0 bridgehead atoms. The van der Waals surface area contributed by atoms with Gasteiger partial charge in [0.25, 0.3) is 5.56 Å². The molecule has 0 spiro atoms. The minimum Gasteiger partial charge on any atom is -0.387 e. The lowest BCUT2D eigenvalue weighted by Gasteiger charge is -2.23. The highest BCUT2D eigenvalue weighted by Gasteiger charge is 2.55. The van der Waals surface area contributed by atoms with Crippen molar-refractivity contribution >= 4 is 48.8 Å². The van der Waals surface area contributed by atoms with Crippen LogP contribution in [0.15, 0.2) is 93.5 Å². The second-order valence-corrected chi connectivity index (χ2v) is 20.5. The second-order valence-electron chi connectivity index (χ2n) is 14.2. The summed E-state index contributed by atoms with van der Waals surface area (Å²) in [6.45, 7) is -2.25. The van der Waals surface area contributed by atoms with Gasteiger partial charge in [-0.1, -0.05) is 30.3 Å². The molecule has 2 aromatic carbocycles. The SMILES string of the molecule is O=C(Nc1ccc(F)cc1)Nc1ccn([C@@H]2O[C@H](COP(=O)(O)OP(=O)(O)OP(=O)(O)OP(=O)(O)OC[C@@H]3O[C@H](n4ccc(=O)[nH]c4=O)[C@H]4O[C@@H](Cc5ccccc5)O[C@H]43)[C@@H](O)[C@H]2O)c(=O)n1. The van der Waals surface area contributed by atoms with Crippen LogP contribution >= 0.6 is 31.3 Å². The van der Waals surface area contributed by atoms with Gasteiger partial charge in [-0.3, -0.25) is 33.3 Å². The van der Waals surface area contributed by atoms with Gasteiger partial charge < -0.3 is 54.1 Å². The fourth-order valence-electron chi connectivity index (χ4n) is 6.68. The van der Waals surface area contributed by atoms with E-state index in [2.05, 4.69) is 33.1 Å². The summed E-state index contributed by atoms with van der Waals surface area (Å²) in [5.41, 5.74) is -1.84. The number of H-pyrrole nitrogens is 1. The molecule has 0 aliphatic carbocycles. The van der Waals surface area contributed by atoms with E-state index in [1.54, 1.807) is 30.3 Å². The number of anilines is 2. The van der Waals surface area contributed by atoms with Crippen LogP contribution in [0.3, 0.4) is 0 Å². The van der Waals surface area contributed by atoms with Crippen LogP contribution in [-0.4, -0.2) is 111 Å². The van der Waals surface area contributed by atoms with Crippen LogP contribution in [0.2, 0.25) is 0 Å². The van der Waals surface area contributed by atoms with Crippen molar-refractivity contribution in [3.8, 4) is 0 Å². The van der Waals surface area contributed by atoms with Crippen molar-refractivity contribution in [1.29, 1.82) is 0 Å². The fraction of sp³-hybridized carbons (Fsp3) is 0.364. The molecule has 3 aliphatic rings. The minimum absolute atomic E-state index is 0.193. The smallest absolute Gasteiger partial charge is 0.387 e. The van der Waals surface area contributed by atoms with Crippen LogP contribution < -0.4 is 27.6 Å². The number of aromatic amines is 1. The summed E-state index contributed by atoms with van der Waals surface area (Å²) in [5.74, 6) is -0.854. The number of ether oxygens (including phenoxy) is 4. The number of aliphatic hydroxyl groups excluding tert-OH is 2. The van der Waals surface area contributed by atoms with Crippen molar-refractivity contribution in [3.05, 3.63) is 122 Å². The Kier molecular flexibility index (Phi) is 15.2. The predicted molar refractivity (Wildman–Crippen MR) is 217 cm³/mol. The number of aromatic nitrogens is 4. The molecule has 0 radical (unpaired) electrons. The van der Waals surface area contributed by atoms with E-state index in [-0.39, 0.29) is 17.9 Å². The van der Waals surface area contributed by atoms with Crippen LogP contribution in [0.5, 0.6) is 0 Å². The molecule has 29 nitrogen and oxygen atoms in total. The number of rotatable bonds is 18. The number of amides is 2. The number of urea groups is 1. The van der Waals surface area contributed by atoms with E-state index in [4.69, 9.17) is 23.5 Å². The van der Waals surface area contributed by atoms with Crippen LogP contribution in [0.25, 0.3) is 0 Å². The largest absolute Gasteiger partial charge is 0.490 e. The third-order valence-corrected chi connectivity index (χ3v) is 15.4. The third-order valence-electron chi connectivity index (χ3n) is 9.48. The first-order valence-corrected chi connectivity index (χ1v) is 24.9. The summed E-state index contributed by atoms with van der Waals surface area (Å²) in [4.78, 5) is 95.4. The number of carbonyl (C=O) groups excluding carboxylic acids is 1. The van der Waals surface area contributed by atoms with E-state index >= 15 is 0 Å². The molecule has 5 heterocycles. The monoisotopic (exact) mass is 1030 g/mol. The molecule has 2 amide bonds. The topological polar surface area (TPSA) is 404 Å². The Morgan fingerprint density at radius 2 is 1.28 bits per heavy atom. The molecule has 3 saturated heterocycles. The molecule has 34 heteroatoms. The number of carbonyl (C=O) groups is 1. The Morgan fingerprint density at radius 3 is 1.91 bits per heavy atom. The highest BCUT2D eigenvalue weighted by molar-refractivity contribution is 7.69. The van der Waals surface area contributed by atoms with Crippen LogP contribution in [0.4, 0.5) is 20.7 Å². The van der Waals surface area contributed by atoms with Crippen molar-refractivity contribution in [3.63, 3.8) is 0 Å². The van der Waals surface area contributed by atoms with Gasteiger partial charge in [-0.15, -0.1) is 0 Å². The molecule has 2 aromatic heterocycles. The molecule has 4 unspecified atom stereocenters. The van der Waals surface area contributed by atoms with Gasteiger partial charge in [0, 0.05) is 30.6 Å². The molecule has 13 atom stereocenters. The Morgan fingerprint density at radius 1 is 0.701 bits per heavy atom. The van der Waals surface area contributed by atoms with Gasteiger partial charge in [0.2, 0.25) is 0 Å². The van der Waals surface area contributed by atoms with Gasteiger partial charge in [-0.05, 0) is 35.9 Å². The lowest BCUT2D eigenvalue weighted by molar-refractivity contribution is -0.150. The number of nitrogens with one attached hydrogen (secondary N) is 3. The first-order chi connectivity index (χ1) is 31.5. The zero-order valence-electron chi connectivity index (χ0n) is 33.5. The number of benzene rings is 2. The maximum atomic E-state index is 13.1. The molecular weight excluding hydrogens is 991 g/mol. The van der Waals surface area contributed by atoms with Gasteiger partial charge in [0.05, 0.1) is 13.2 Å². The number of phosphoric ester groups is 2. The maximum absolute atomic E-state index is 13.1. The first kappa shape index (κ1) is 50.4. The summed E-state index contributed by atoms with van der Waals surface area (Å²) in [6.07, 6.45) is -11.1. The number of halogens is 1. The van der Waals surface area contributed by atoms with E-state index in [9.17, 15) is 71.6 Å². The Labute approximate surface area is 373 Å². The molecule has 3 aliphatic heterocycles. The summed E-state index contributed by atoms with van der Waals surface area (Å²) >= 11 is 0. The van der Waals surface area contributed by atoms with Crippen LogP contribution in [-0.2, 0) is 65.6 Å². The number of hydrogen-bond donors (Lipinski definition) is 9. The average molecular weight is 1030 g/mol. The Bertz CT molecular complexity index is 2820. The van der Waals surface area contributed by atoms with Crippen LogP contribution in [0.1, 0.15) is 18.0 Å². The third kappa shape index (κ3) is 13.0. The van der Waals surface area contributed by atoms with E-state index in [1.165, 1.54) is 12.1 Å². The first-order valence-electron chi connectivity index (χ1n) is 19.0. The summed E-state index contributed by atoms with van der Waals surface area (Å²) < 4.78 is 110. The van der Waals surface area contributed by atoms with E-state index in [0.29, 0.717) is 4.57 Å². The van der Waals surface area contributed by atoms with Crippen molar-refractivity contribution in [2.45, 2.75) is 61.8 Å². The number of aliphatic hydroxyl groups is 2. The number of phosphoric acid groups is 4. The quantitative estimate of drug-likeness (QED) is 0.0626. The zero-order chi connectivity index (χ0) is 48.5. The minimum atomic E-state index is -6.29. The lowest BCUT2D eigenvalue weighted by Crippen LogP contribution is -2.36. The number of hydrogen-bond acceptors (Lipinski definition) is 20. The molecular formula is C33H37FN6O23P4. The normalized spacial score (nSPS) is 28.4.